The van der Waals surface area contributed by atoms with Crippen LogP contribution in [0.2, 0.25) is 5.02 Å². The van der Waals surface area contributed by atoms with Gasteiger partial charge < -0.3 is 5.32 Å². The number of hydrogen-bond donors (Lipinski definition) is 1. The predicted molar refractivity (Wildman–Crippen MR) is 144 cm³/mol. The van der Waals surface area contributed by atoms with Crippen molar-refractivity contribution in [3.8, 4) is 0 Å². The second-order valence-corrected chi connectivity index (χ2v) is 11.7. The second-order valence-electron chi connectivity index (χ2n) is 8.28. The largest absolute Gasteiger partial charge is 0.316 e. The Morgan fingerprint density at radius 3 is 2.25 bits per heavy atom. The summed E-state index contributed by atoms with van der Waals surface area (Å²) >= 11 is 9.80. The summed E-state index contributed by atoms with van der Waals surface area (Å²) in [4.78, 5) is 26.6. The molecule has 1 aromatic heterocycles. The first-order chi connectivity index (χ1) is 15.2. The topological polar surface area (TPSA) is 46.2 Å². The molecule has 1 unspecified atom stereocenters. The van der Waals surface area contributed by atoms with Gasteiger partial charge in [-0.25, -0.2) is 0 Å². The number of carbonyl (C=O) groups is 2. The van der Waals surface area contributed by atoms with E-state index in [1.54, 1.807) is 24.3 Å². The fourth-order valence-corrected chi connectivity index (χ4v) is 4.84. The van der Waals surface area contributed by atoms with Gasteiger partial charge in [0.2, 0.25) is 5.91 Å². The maximum atomic E-state index is 13.2. The number of carbonyl (C=O) groups excluding carboxylic acids is 2. The minimum Gasteiger partial charge on any atom is -0.316 e. The van der Waals surface area contributed by atoms with Crippen LogP contribution in [0, 0.1) is 5.92 Å². The van der Waals surface area contributed by atoms with Crippen molar-refractivity contribution in [2.45, 2.75) is 44.0 Å². The van der Waals surface area contributed by atoms with Crippen LogP contribution in [0.1, 0.15) is 52.7 Å². The second kappa shape index (κ2) is 11.4. The zero-order valence-corrected chi connectivity index (χ0v) is 22.2. The summed E-state index contributed by atoms with van der Waals surface area (Å²) in [6.07, 6.45) is 2.75. The lowest BCUT2D eigenvalue weighted by atomic mass is 10.00. The first-order valence-electron chi connectivity index (χ1n) is 10.7. The molecule has 0 saturated heterocycles. The number of nitrogens with one attached hydrogen (secondary N) is 1. The van der Waals surface area contributed by atoms with E-state index in [-0.39, 0.29) is 15.6 Å². The highest BCUT2D eigenvalue weighted by Gasteiger charge is 2.22. The predicted octanol–water partition coefficient (Wildman–Crippen LogP) is 7.38. The third-order valence-electron chi connectivity index (χ3n) is 5.07. The summed E-state index contributed by atoms with van der Waals surface area (Å²) in [5.41, 5.74) is 3.55. The van der Waals surface area contributed by atoms with Gasteiger partial charge in [0.15, 0.2) is 5.78 Å². The quantitative estimate of drug-likeness (QED) is 0.163. The summed E-state index contributed by atoms with van der Waals surface area (Å²) in [5.74, 6) is 0.348. The van der Waals surface area contributed by atoms with E-state index in [2.05, 4.69) is 66.0 Å². The summed E-state index contributed by atoms with van der Waals surface area (Å²) in [7, 11) is 0. The Bertz CT molecular complexity index is 1090. The number of halogens is 2. The average Bonchev–Trinajstić information content (AvgIpc) is 3.15. The van der Waals surface area contributed by atoms with Crippen LogP contribution in [0.5, 0.6) is 0 Å². The highest BCUT2D eigenvalue weighted by molar-refractivity contribution is 14.1. The Kier molecular flexibility index (Phi) is 8.91. The summed E-state index contributed by atoms with van der Waals surface area (Å²) in [6.45, 7) is 6.27. The van der Waals surface area contributed by atoms with Crippen molar-refractivity contribution in [3.63, 3.8) is 0 Å². The lowest BCUT2D eigenvalue weighted by Gasteiger charge is -2.08. The molecule has 1 amide bonds. The van der Waals surface area contributed by atoms with Crippen LogP contribution in [0.25, 0.3) is 0 Å². The third kappa shape index (κ3) is 6.65. The van der Waals surface area contributed by atoms with Gasteiger partial charge in [-0.15, -0.1) is 11.3 Å². The van der Waals surface area contributed by atoms with Crippen molar-refractivity contribution in [1.82, 2.24) is 0 Å². The number of thiophene rings is 1. The molecule has 0 aliphatic rings. The van der Waals surface area contributed by atoms with Crippen LogP contribution in [-0.2, 0) is 24.1 Å². The van der Waals surface area contributed by atoms with E-state index in [9.17, 15) is 9.59 Å². The van der Waals surface area contributed by atoms with Crippen LogP contribution in [0.3, 0.4) is 0 Å². The molecule has 3 nitrogen and oxygen atoms in total. The highest BCUT2D eigenvalue weighted by Crippen LogP contribution is 2.33. The zero-order chi connectivity index (χ0) is 23.3. The van der Waals surface area contributed by atoms with E-state index in [0.29, 0.717) is 27.1 Å². The molecule has 0 spiro atoms. The number of alkyl halides is 1. The summed E-state index contributed by atoms with van der Waals surface area (Å²) < 4.78 is -0.203. The SMILES string of the molecule is CC(C)Cc1ccc(CCc2cc(C(=O)c3ccccc3Cl)c(NC(=O)C(C)I)s2)cc1. The molecule has 1 heterocycles. The molecule has 6 heteroatoms. The molecule has 32 heavy (non-hydrogen) atoms. The molecular formula is C26H27ClINO2S. The lowest BCUT2D eigenvalue weighted by Crippen LogP contribution is -2.20. The zero-order valence-electron chi connectivity index (χ0n) is 18.5. The van der Waals surface area contributed by atoms with Crippen molar-refractivity contribution >= 4 is 62.2 Å². The molecule has 1 atom stereocenters. The van der Waals surface area contributed by atoms with Gasteiger partial charge in [-0.1, -0.05) is 84.4 Å². The van der Waals surface area contributed by atoms with E-state index < -0.39 is 0 Å². The van der Waals surface area contributed by atoms with Gasteiger partial charge in [0.05, 0.1) is 14.5 Å². The molecule has 3 aromatic rings. The Labute approximate surface area is 212 Å². The van der Waals surface area contributed by atoms with E-state index in [0.717, 1.165) is 24.1 Å². The van der Waals surface area contributed by atoms with Crippen molar-refractivity contribution in [1.29, 1.82) is 0 Å². The third-order valence-corrected chi connectivity index (χ3v) is 7.08. The number of ketones is 1. The van der Waals surface area contributed by atoms with Gasteiger partial charge in [-0.3, -0.25) is 9.59 Å². The molecule has 0 aliphatic carbocycles. The lowest BCUT2D eigenvalue weighted by molar-refractivity contribution is -0.115. The molecule has 0 bridgehead atoms. The fourth-order valence-electron chi connectivity index (χ4n) is 3.41. The van der Waals surface area contributed by atoms with Gasteiger partial charge in [0.1, 0.15) is 5.00 Å². The van der Waals surface area contributed by atoms with Gasteiger partial charge >= 0.3 is 0 Å². The van der Waals surface area contributed by atoms with Crippen LogP contribution >= 0.6 is 45.5 Å². The molecule has 168 valence electrons. The average molecular weight is 580 g/mol. The Morgan fingerprint density at radius 2 is 1.62 bits per heavy atom. The minimum absolute atomic E-state index is 0.118. The van der Waals surface area contributed by atoms with Crippen molar-refractivity contribution < 1.29 is 9.59 Å². The molecule has 1 N–H and O–H groups in total. The Hall–Kier alpha value is -1.70. The molecule has 0 radical (unpaired) electrons. The number of benzene rings is 2. The van der Waals surface area contributed by atoms with Crippen LogP contribution in [0.4, 0.5) is 5.00 Å². The molecule has 0 aliphatic heterocycles. The molecule has 2 aromatic carbocycles. The normalized spacial score (nSPS) is 12.1. The van der Waals surface area contributed by atoms with E-state index in [1.165, 1.54) is 22.5 Å². The van der Waals surface area contributed by atoms with Gasteiger partial charge in [0, 0.05) is 10.4 Å². The summed E-state index contributed by atoms with van der Waals surface area (Å²) in [5, 5.41) is 3.93. The van der Waals surface area contributed by atoms with Crippen LogP contribution in [-0.4, -0.2) is 15.6 Å². The number of aryl methyl sites for hydroxylation is 2. The van der Waals surface area contributed by atoms with Crippen molar-refractivity contribution in [2.24, 2.45) is 5.92 Å². The molecule has 0 saturated carbocycles. The molecule has 0 fully saturated rings. The minimum atomic E-state index is -0.203. The van der Waals surface area contributed by atoms with Gasteiger partial charge in [-0.05, 0) is 61.4 Å². The first-order valence-corrected chi connectivity index (χ1v) is 13.1. The number of rotatable bonds is 9. The van der Waals surface area contributed by atoms with Gasteiger partial charge in [0.25, 0.3) is 0 Å². The van der Waals surface area contributed by atoms with E-state index in [4.69, 9.17) is 11.6 Å². The number of hydrogen-bond acceptors (Lipinski definition) is 3. The molecule has 3 rings (SSSR count). The van der Waals surface area contributed by atoms with Crippen LogP contribution < -0.4 is 5.32 Å². The van der Waals surface area contributed by atoms with Gasteiger partial charge in [-0.2, -0.15) is 0 Å². The highest BCUT2D eigenvalue weighted by atomic mass is 127. The van der Waals surface area contributed by atoms with Crippen LogP contribution in [0.15, 0.2) is 54.6 Å². The maximum Gasteiger partial charge on any atom is 0.237 e. The monoisotopic (exact) mass is 579 g/mol. The number of anilines is 1. The summed E-state index contributed by atoms with van der Waals surface area (Å²) in [6, 6.07) is 17.7. The smallest absolute Gasteiger partial charge is 0.237 e. The van der Waals surface area contributed by atoms with E-state index in [1.807, 2.05) is 13.0 Å². The maximum absolute atomic E-state index is 13.2. The number of amides is 1. The Balaban J connectivity index is 1.81. The van der Waals surface area contributed by atoms with Crippen molar-refractivity contribution in [2.75, 3.05) is 5.32 Å². The molecular weight excluding hydrogens is 553 g/mol. The van der Waals surface area contributed by atoms with Crippen molar-refractivity contribution in [3.05, 3.63) is 86.8 Å². The van der Waals surface area contributed by atoms with E-state index >= 15 is 0 Å². The standard InChI is InChI=1S/C26H27ClINO2S/c1-16(2)14-19-10-8-18(9-11-19)12-13-20-15-22(26(32-20)29-25(31)17(3)28)24(30)21-6-4-5-7-23(21)27/h4-11,15-17H,12-14H2,1-3H3,(H,29,31). The first kappa shape index (κ1) is 24.9. The Morgan fingerprint density at radius 1 is 0.969 bits per heavy atom. The fraction of sp³-hybridized carbons (Fsp3) is 0.308.